The van der Waals surface area contributed by atoms with Gasteiger partial charge >= 0.3 is 6.03 Å². The lowest BCUT2D eigenvalue weighted by Gasteiger charge is -2.31. The summed E-state index contributed by atoms with van der Waals surface area (Å²) in [4.78, 5) is 31.4. The molecule has 0 saturated carbocycles. The maximum absolute atomic E-state index is 13.6. The fourth-order valence-corrected chi connectivity index (χ4v) is 4.59. The second-order valence-electron chi connectivity index (χ2n) is 8.53. The Morgan fingerprint density at radius 3 is 2.31 bits per heavy atom. The lowest BCUT2D eigenvalue weighted by molar-refractivity contribution is -0.133. The molecule has 2 aromatic carbocycles. The van der Waals surface area contributed by atoms with Gasteiger partial charge in [0, 0.05) is 23.2 Å². The number of nitrogens with one attached hydrogen (secondary N) is 1. The third-order valence-corrected chi connectivity index (χ3v) is 6.99. The molecule has 0 aliphatic heterocycles. The van der Waals surface area contributed by atoms with Crippen LogP contribution in [0.3, 0.4) is 0 Å². The third kappa shape index (κ3) is 7.59. The van der Waals surface area contributed by atoms with Gasteiger partial charge in [0.2, 0.25) is 5.91 Å². The average Bonchev–Trinajstić information content (AvgIpc) is 3.27. The molecule has 0 saturated heterocycles. The molecule has 0 radical (unpaired) electrons. The second kappa shape index (κ2) is 13.0. The van der Waals surface area contributed by atoms with Gasteiger partial charge in [0.25, 0.3) is 0 Å². The molecular weight excluding hydrogens is 458 g/mol. The Hall–Kier alpha value is -3.32. The highest BCUT2D eigenvalue weighted by atomic mass is 32.1. The molecule has 0 fully saturated rings. The van der Waals surface area contributed by atoms with Gasteiger partial charge in [0.1, 0.15) is 12.3 Å². The summed E-state index contributed by atoms with van der Waals surface area (Å²) in [6, 6.07) is 18.9. The van der Waals surface area contributed by atoms with E-state index in [0.29, 0.717) is 25.4 Å². The first-order valence-corrected chi connectivity index (χ1v) is 12.9. The van der Waals surface area contributed by atoms with E-state index in [-0.39, 0.29) is 24.5 Å². The van der Waals surface area contributed by atoms with Crippen LogP contribution in [0.15, 0.2) is 66.0 Å². The summed E-state index contributed by atoms with van der Waals surface area (Å²) in [6.07, 6.45) is 0.743. The molecule has 1 atom stereocenters. The van der Waals surface area contributed by atoms with Crippen molar-refractivity contribution in [2.45, 2.75) is 53.2 Å². The summed E-state index contributed by atoms with van der Waals surface area (Å²) in [5, 5.41) is 4.99. The number of rotatable bonds is 11. The van der Waals surface area contributed by atoms with Gasteiger partial charge in [-0.25, -0.2) is 4.79 Å². The van der Waals surface area contributed by atoms with Crippen LogP contribution in [0.2, 0.25) is 0 Å². The van der Waals surface area contributed by atoms with Crippen molar-refractivity contribution in [2.24, 2.45) is 0 Å². The number of anilines is 1. The number of benzene rings is 2. The molecule has 0 bridgehead atoms. The first-order chi connectivity index (χ1) is 16.9. The molecule has 0 aliphatic rings. The van der Waals surface area contributed by atoms with Gasteiger partial charge in [-0.3, -0.25) is 4.79 Å². The van der Waals surface area contributed by atoms with Crippen LogP contribution in [0.1, 0.15) is 43.2 Å². The zero-order valence-corrected chi connectivity index (χ0v) is 21.8. The van der Waals surface area contributed by atoms with Crippen LogP contribution in [0.5, 0.6) is 5.75 Å². The molecule has 35 heavy (non-hydrogen) atoms. The zero-order valence-electron chi connectivity index (χ0n) is 21.0. The SMILES string of the molecule is CCOc1ccc(NC(=O)N(CC(=O)N(Cc2ccccc2)Cc2sccc2C)C(C)CC)cc1. The number of aryl methyl sites for hydroxylation is 1. The largest absolute Gasteiger partial charge is 0.494 e. The van der Waals surface area contributed by atoms with E-state index in [2.05, 4.69) is 18.3 Å². The Labute approximate surface area is 212 Å². The summed E-state index contributed by atoms with van der Waals surface area (Å²) in [7, 11) is 0. The van der Waals surface area contributed by atoms with E-state index in [1.165, 1.54) is 5.56 Å². The molecule has 3 amide bonds. The van der Waals surface area contributed by atoms with Gasteiger partial charge in [-0.05, 0) is 74.0 Å². The number of amides is 3. The number of carbonyl (C=O) groups is 2. The number of hydrogen-bond donors (Lipinski definition) is 1. The molecule has 0 spiro atoms. The first-order valence-electron chi connectivity index (χ1n) is 12.1. The van der Waals surface area contributed by atoms with E-state index in [9.17, 15) is 9.59 Å². The summed E-state index contributed by atoms with van der Waals surface area (Å²) in [6.45, 7) is 9.58. The molecule has 1 aromatic heterocycles. The summed E-state index contributed by atoms with van der Waals surface area (Å²) in [5.41, 5.74) is 2.89. The average molecular weight is 494 g/mol. The summed E-state index contributed by atoms with van der Waals surface area (Å²) >= 11 is 1.65. The molecule has 1 N–H and O–H groups in total. The van der Waals surface area contributed by atoms with Crippen LogP contribution >= 0.6 is 11.3 Å². The number of nitrogens with zero attached hydrogens (tertiary/aromatic N) is 2. The van der Waals surface area contributed by atoms with Gasteiger partial charge in [-0.2, -0.15) is 0 Å². The minimum absolute atomic E-state index is 0.00905. The van der Waals surface area contributed by atoms with E-state index < -0.39 is 0 Å². The number of hydrogen-bond acceptors (Lipinski definition) is 4. The van der Waals surface area contributed by atoms with Gasteiger partial charge in [0.05, 0.1) is 13.2 Å². The fraction of sp³-hybridized carbons (Fsp3) is 0.357. The normalized spacial score (nSPS) is 11.5. The van der Waals surface area contributed by atoms with Crippen molar-refractivity contribution in [3.63, 3.8) is 0 Å². The minimum Gasteiger partial charge on any atom is -0.494 e. The summed E-state index contributed by atoms with van der Waals surface area (Å²) in [5.74, 6) is 0.670. The van der Waals surface area contributed by atoms with Crippen LogP contribution in [0.25, 0.3) is 0 Å². The van der Waals surface area contributed by atoms with Crippen LogP contribution in [-0.2, 0) is 17.9 Å². The Morgan fingerprint density at radius 1 is 1.00 bits per heavy atom. The monoisotopic (exact) mass is 493 g/mol. The Balaban J connectivity index is 1.76. The molecular formula is C28H35N3O3S. The number of thiophene rings is 1. The van der Waals surface area contributed by atoms with E-state index in [1.54, 1.807) is 28.4 Å². The molecule has 1 heterocycles. The fourth-order valence-electron chi connectivity index (χ4n) is 3.67. The molecule has 186 valence electrons. The number of urea groups is 1. The van der Waals surface area contributed by atoms with E-state index >= 15 is 0 Å². The maximum atomic E-state index is 13.6. The third-order valence-electron chi connectivity index (χ3n) is 5.98. The van der Waals surface area contributed by atoms with Crippen LogP contribution in [0, 0.1) is 6.92 Å². The molecule has 3 aromatic rings. The van der Waals surface area contributed by atoms with Gasteiger partial charge in [-0.1, -0.05) is 37.3 Å². The van der Waals surface area contributed by atoms with Gasteiger partial charge < -0.3 is 19.9 Å². The maximum Gasteiger partial charge on any atom is 0.322 e. The molecule has 1 unspecified atom stereocenters. The predicted octanol–water partition coefficient (Wildman–Crippen LogP) is 6.32. The zero-order chi connectivity index (χ0) is 25.2. The highest BCUT2D eigenvalue weighted by molar-refractivity contribution is 7.10. The van der Waals surface area contributed by atoms with Crippen LogP contribution < -0.4 is 10.1 Å². The first kappa shape index (κ1) is 26.3. The Bertz CT molecular complexity index is 1080. The Kier molecular flexibility index (Phi) is 9.73. The van der Waals surface area contributed by atoms with E-state index in [1.807, 2.05) is 73.5 Å². The van der Waals surface area contributed by atoms with Crippen molar-refractivity contribution in [3.05, 3.63) is 82.0 Å². The van der Waals surface area contributed by atoms with Crippen molar-refractivity contribution in [2.75, 3.05) is 18.5 Å². The lowest BCUT2D eigenvalue weighted by Crippen LogP contribution is -2.47. The second-order valence-corrected chi connectivity index (χ2v) is 9.54. The van der Waals surface area contributed by atoms with Gasteiger partial charge in [0.15, 0.2) is 0 Å². The minimum atomic E-state index is -0.288. The molecule has 0 aliphatic carbocycles. The molecule has 6 nitrogen and oxygen atoms in total. The van der Waals surface area contributed by atoms with Crippen molar-refractivity contribution in [1.29, 1.82) is 0 Å². The van der Waals surface area contributed by atoms with Gasteiger partial charge in [-0.15, -0.1) is 11.3 Å². The van der Waals surface area contributed by atoms with Crippen molar-refractivity contribution in [1.82, 2.24) is 9.80 Å². The highest BCUT2D eigenvalue weighted by Crippen LogP contribution is 2.21. The smallest absolute Gasteiger partial charge is 0.322 e. The summed E-state index contributed by atoms with van der Waals surface area (Å²) < 4.78 is 5.48. The predicted molar refractivity (Wildman–Crippen MR) is 143 cm³/mol. The van der Waals surface area contributed by atoms with Crippen LogP contribution in [0.4, 0.5) is 10.5 Å². The standard InChI is InChI=1S/C28H35N3O3S/c1-5-22(4)31(28(33)29-24-12-14-25(15-13-24)34-6-2)20-27(32)30(18-23-10-8-7-9-11-23)19-26-21(3)16-17-35-26/h7-17,22H,5-6,18-20H2,1-4H3,(H,29,33). The van der Waals surface area contributed by atoms with Crippen molar-refractivity contribution < 1.29 is 14.3 Å². The molecule has 7 heteroatoms. The van der Waals surface area contributed by atoms with E-state index in [4.69, 9.17) is 4.74 Å². The van der Waals surface area contributed by atoms with Crippen LogP contribution in [-0.4, -0.2) is 40.9 Å². The Morgan fingerprint density at radius 2 is 1.71 bits per heavy atom. The number of ether oxygens (including phenoxy) is 1. The van der Waals surface area contributed by atoms with E-state index in [0.717, 1.165) is 22.6 Å². The van der Waals surface area contributed by atoms with Crippen molar-refractivity contribution in [3.8, 4) is 5.75 Å². The van der Waals surface area contributed by atoms with Crippen molar-refractivity contribution >= 4 is 29.0 Å². The quantitative estimate of drug-likeness (QED) is 0.340. The number of carbonyl (C=O) groups excluding carboxylic acids is 2. The lowest BCUT2D eigenvalue weighted by atomic mass is 10.2. The topological polar surface area (TPSA) is 61.9 Å². The molecule has 3 rings (SSSR count). The highest BCUT2D eigenvalue weighted by Gasteiger charge is 2.25.